The van der Waals surface area contributed by atoms with Crippen LogP contribution in [0.5, 0.6) is 0 Å². The molecule has 0 aliphatic carbocycles. The number of aryl methyl sites for hydroxylation is 5. The van der Waals surface area contributed by atoms with Crippen LogP contribution in [0.15, 0.2) is 35.2 Å². The molecule has 2 aromatic carbocycles. The molecule has 0 saturated carbocycles. The van der Waals surface area contributed by atoms with Gasteiger partial charge in [-0.2, -0.15) is 0 Å². The SMILES string of the molecule is CC(=O)N(CCNS(=O)(=O)c1c(C)cc(C)cc1C)c1ccc(C)cc1C. The molecule has 5 nitrogen and oxygen atoms in total. The quantitative estimate of drug-likeness (QED) is 0.823. The fourth-order valence-electron chi connectivity index (χ4n) is 3.51. The Morgan fingerprint density at radius 2 is 1.48 bits per heavy atom. The molecular formula is C21H28N2O3S. The fraction of sp³-hybridized carbons (Fsp3) is 0.381. The average molecular weight is 389 g/mol. The number of amides is 1. The topological polar surface area (TPSA) is 66.5 Å². The molecule has 146 valence electrons. The van der Waals surface area contributed by atoms with Crippen molar-refractivity contribution in [2.75, 3.05) is 18.0 Å². The van der Waals surface area contributed by atoms with Crippen molar-refractivity contribution >= 4 is 21.6 Å². The summed E-state index contributed by atoms with van der Waals surface area (Å²) >= 11 is 0. The molecule has 0 bridgehead atoms. The summed E-state index contributed by atoms with van der Waals surface area (Å²) in [5.74, 6) is -0.121. The van der Waals surface area contributed by atoms with Gasteiger partial charge < -0.3 is 4.90 Å². The first-order valence-electron chi connectivity index (χ1n) is 8.96. The molecule has 1 N–H and O–H groups in total. The molecule has 0 aliphatic heterocycles. The van der Waals surface area contributed by atoms with E-state index in [0.717, 1.165) is 33.5 Å². The molecule has 6 heteroatoms. The first-order chi connectivity index (χ1) is 12.5. The molecule has 0 radical (unpaired) electrons. The van der Waals surface area contributed by atoms with Crippen LogP contribution >= 0.6 is 0 Å². The van der Waals surface area contributed by atoms with Gasteiger partial charge in [-0.25, -0.2) is 13.1 Å². The number of sulfonamides is 1. The van der Waals surface area contributed by atoms with Crippen molar-refractivity contribution < 1.29 is 13.2 Å². The molecule has 27 heavy (non-hydrogen) atoms. The van der Waals surface area contributed by atoms with E-state index in [-0.39, 0.29) is 19.0 Å². The van der Waals surface area contributed by atoms with E-state index in [9.17, 15) is 13.2 Å². The van der Waals surface area contributed by atoms with Gasteiger partial charge in [0.05, 0.1) is 4.90 Å². The van der Waals surface area contributed by atoms with Crippen LogP contribution in [0.4, 0.5) is 5.69 Å². The number of rotatable bonds is 6. The third-order valence-corrected chi connectivity index (χ3v) is 6.29. The van der Waals surface area contributed by atoms with Gasteiger partial charge >= 0.3 is 0 Å². The Bertz CT molecular complexity index is 942. The zero-order valence-electron chi connectivity index (χ0n) is 16.9. The van der Waals surface area contributed by atoms with Gasteiger partial charge in [-0.05, 0) is 57.4 Å². The Kier molecular flexibility index (Phi) is 6.44. The van der Waals surface area contributed by atoms with Crippen LogP contribution in [0.2, 0.25) is 0 Å². The molecule has 0 saturated heterocycles. The van der Waals surface area contributed by atoms with Crippen LogP contribution in [-0.4, -0.2) is 27.4 Å². The van der Waals surface area contributed by atoms with Crippen LogP contribution in [0.1, 0.15) is 34.7 Å². The Hall–Kier alpha value is -2.18. The highest BCUT2D eigenvalue weighted by atomic mass is 32.2. The number of carbonyl (C=O) groups is 1. The maximum absolute atomic E-state index is 12.8. The summed E-state index contributed by atoms with van der Waals surface area (Å²) in [7, 11) is -3.65. The van der Waals surface area contributed by atoms with Crippen molar-refractivity contribution in [3.8, 4) is 0 Å². The maximum Gasteiger partial charge on any atom is 0.241 e. The lowest BCUT2D eigenvalue weighted by atomic mass is 10.1. The molecule has 1 amide bonds. The Morgan fingerprint density at radius 1 is 0.926 bits per heavy atom. The van der Waals surface area contributed by atoms with E-state index in [1.165, 1.54) is 6.92 Å². The standard InChI is InChI=1S/C21H28N2O3S/c1-14-7-8-20(16(3)11-14)23(19(6)24)10-9-22-27(25,26)21-17(4)12-15(2)13-18(21)5/h7-8,11-13,22H,9-10H2,1-6H3. The predicted molar refractivity (Wildman–Crippen MR) is 110 cm³/mol. The number of benzene rings is 2. The number of hydrogen-bond donors (Lipinski definition) is 1. The molecule has 0 aliphatic rings. The summed E-state index contributed by atoms with van der Waals surface area (Å²) in [5.41, 5.74) is 5.37. The second kappa shape index (κ2) is 8.23. The third-order valence-electron chi connectivity index (χ3n) is 4.52. The first-order valence-corrected chi connectivity index (χ1v) is 10.4. The lowest BCUT2D eigenvalue weighted by Gasteiger charge is -2.24. The van der Waals surface area contributed by atoms with Crippen LogP contribution in [0, 0.1) is 34.6 Å². The predicted octanol–water partition coefficient (Wildman–Crippen LogP) is 3.56. The van der Waals surface area contributed by atoms with Crippen molar-refractivity contribution in [2.24, 2.45) is 0 Å². The van der Waals surface area contributed by atoms with E-state index < -0.39 is 10.0 Å². The fourth-order valence-corrected chi connectivity index (χ4v) is 4.98. The van der Waals surface area contributed by atoms with E-state index in [0.29, 0.717) is 4.90 Å². The highest BCUT2D eigenvalue weighted by Crippen LogP contribution is 2.23. The second-order valence-electron chi connectivity index (χ2n) is 7.09. The second-order valence-corrected chi connectivity index (χ2v) is 8.79. The Labute approximate surface area is 162 Å². The van der Waals surface area contributed by atoms with Crippen LogP contribution in [0.3, 0.4) is 0 Å². The van der Waals surface area contributed by atoms with Gasteiger partial charge in [0.15, 0.2) is 0 Å². The number of hydrogen-bond acceptors (Lipinski definition) is 3. The normalized spacial score (nSPS) is 11.5. The van der Waals surface area contributed by atoms with E-state index in [4.69, 9.17) is 0 Å². The van der Waals surface area contributed by atoms with Gasteiger partial charge in [0.2, 0.25) is 15.9 Å². The Balaban J connectivity index is 2.18. The van der Waals surface area contributed by atoms with Gasteiger partial charge in [-0.15, -0.1) is 0 Å². The van der Waals surface area contributed by atoms with Crippen LogP contribution in [-0.2, 0) is 14.8 Å². The average Bonchev–Trinajstić information content (AvgIpc) is 2.50. The van der Waals surface area contributed by atoms with E-state index in [1.54, 1.807) is 18.7 Å². The van der Waals surface area contributed by atoms with Gasteiger partial charge in [0.1, 0.15) is 0 Å². The number of anilines is 1. The summed E-state index contributed by atoms with van der Waals surface area (Å²) in [6.45, 7) is 11.4. The summed E-state index contributed by atoms with van der Waals surface area (Å²) in [5, 5.41) is 0. The van der Waals surface area contributed by atoms with Gasteiger partial charge in [0.25, 0.3) is 0 Å². The highest BCUT2D eigenvalue weighted by molar-refractivity contribution is 7.89. The summed E-state index contributed by atoms with van der Waals surface area (Å²) < 4.78 is 28.2. The van der Waals surface area contributed by atoms with E-state index in [2.05, 4.69) is 4.72 Å². The minimum Gasteiger partial charge on any atom is -0.311 e. The molecule has 0 unspecified atom stereocenters. The molecule has 2 rings (SSSR count). The van der Waals surface area contributed by atoms with Gasteiger partial charge in [-0.3, -0.25) is 4.79 Å². The molecular weight excluding hydrogens is 360 g/mol. The minimum atomic E-state index is -3.65. The number of nitrogens with zero attached hydrogens (tertiary/aromatic N) is 1. The van der Waals surface area contributed by atoms with Crippen molar-refractivity contribution in [2.45, 2.75) is 46.4 Å². The van der Waals surface area contributed by atoms with Crippen molar-refractivity contribution in [1.82, 2.24) is 4.72 Å². The molecule has 2 aromatic rings. The molecule has 0 heterocycles. The first kappa shape index (κ1) is 21.1. The number of nitrogens with one attached hydrogen (secondary N) is 1. The molecule has 0 spiro atoms. The zero-order chi connectivity index (χ0) is 20.4. The smallest absolute Gasteiger partial charge is 0.241 e. The van der Waals surface area contributed by atoms with E-state index in [1.807, 2.05) is 51.1 Å². The minimum absolute atomic E-state index is 0.121. The molecule has 0 fully saturated rings. The monoisotopic (exact) mass is 388 g/mol. The van der Waals surface area contributed by atoms with Crippen LogP contribution < -0.4 is 9.62 Å². The number of carbonyl (C=O) groups excluding carboxylic acids is 1. The lowest BCUT2D eigenvalue weighted by molar-refractivity contribution is -0.116. The largest absolute Gasteiger partial charge is 0.311 e. The van der Waals surface area contributed by atoms with Gasteiger partial charge in [0, 0.05) is 25.7 Å². The van der Waals surface area contributed by atoms with Crippen LogP contribution in [0.25, 0.3) is 0 Å². The van der Waals surface area contributed by atoms with Gasteiger partial charge in [-0.1, -0.05) is 35.4 Å². The molecule has 0 aromatic heterocycles. The summed E-state index contributed by atoms with van der Waals surface area (Å²) in [6.07, 6.45) is 0. The zero-order valence-corrected chi connectivity index (χ0v) is 17.7. The highest BCUT2D eigenvalue weighted by Gasteiger charge is 2.21. The third kappa shape index (κ3) is 4.96. The van der Waals surface area contributed by atoms with Crippen molar-refractivity contribution in [3.63, 3.8) is 0 Å². The summed E-state index contributed by atoms with van der Waals surface area (Å²) in [6, 6.07) is 9.57. The Morgan fingerprint density at radius 3 is 2.00 bits per heavy atom. The lowest BCUT2D eigenvalue weighted by Crippen LogP contribution is -2.38. The molecule has 0 atom stereocenters. The maximum atomic E-state index is 12.8. The summed E-state index contributed by atoms with van der Waals surface area (Å²) in [4.78, 5) is 14.0. The van der Waals surface area contributed by atoms with Crippen molar-refractivity contribution in [1.29, 1.82) is 0 Å². The van der Waals surface area contributed by atoms with Crippen molar-refractivity contribution in [3.05, 3.63) is 58.1 Å². The van der Waals surface area contributed by atoms with E-state index >= 15 is 0 Å².